The Hall–Kier alpha value is -0.640. The van der Waals surface area contributed by atoms with Gasteiger partial charge in [0.05, 0.1) is 0 Å². The van der Waals surface area contributed by atoms with Gasteiger partial charge in [-0.3, -0.25) is 0 Å². The van der Waals surface area contributed by atoms with Crippen LogP contribution in [-0.4, -0.2) is 23.1 Å². The van der Waals surface area contributed by atoms with Crippen LogP contribution in [0.25, 0.3) is 0 Å². The van der Waals surface area contributed by atoms with Crippen molar-refractivity contribution in [3.05, 3.63) is 17.0 Å². The summed E-state index contributed by atoms with van der Waals surface area (Å²) in [4.78, 5) is 10.6. The maximum Gasteiger partial charge on any atom is 0.133 e. The Kier molecular flexibility index (Phi) is 2.72. The van der Waals surface area contributed by atoms with Gasteiger partial charge in [0.1, 0.15) is 16.7 Å². The molecule has 0 aliphatic carbocycles. The van der Waals surface area contributed by atoms with Crippen LogP contribution < -0.4 is 4.90 Å². The summed E-state index contributed by atoms with van der Waals surface area (Å²) in [6.07, 6.45) is 1.60. The summed E-state index contributed by atoms with van der Waals surface area (Å²) in [5.74, 6) is 2.54. The number of halogens is 1. The summed E-state index contributed by atoms with van der Waals surface area (Å²) in [6.45, 7) is 6.79. The molecule has 0 aromatic carbocycles. The lowest BCUT2D eigenvalue weighted by Crippen LogP contribution is -2.20. The molecule has 1 aliphatic heterocycles. The van der Waals surface area contributed by atoms with Crippen LogP contribution in [0.15, 0.2) is 17.0 Å². The summed E-state index contributed by atoms with van der Waals surface area (Å²) >= 11 is 3.36. The van der Waals surface area contributed by atoms with E-state index in [1.807, 2.05) is 6.07 Å². The number of hydrogen-bond donors (Lipinski definition) is 0. The van der Waals surface area contributed by atoms with Crippen molar-refractivity contribution >= 4 is 21.7 Å². The van der Waals surface area contributed by atoms with Crippen LogP contribution in [0.4, 0.5) is 5.82 Å². The molecule has 0 spiro atoms. The highest BCUT2D eigenvalue weighted by molar-refractivity contribution is 9.10. The quantitative estimate of drug-likeness (QED) is 0.722. The minimum Gasteiger partial charge on any atom is -0.356 e. The van der Waals surface area contributed by atoms with Gasteiger partial charge >= 0.3 is 0 Å². The van der Waals surface area contributed by atoms with E-state index >= 15 is 0 Å². The van der Waals surface area contributed by atoms with Gasteiger partial charge in [0.15, 0.2) is 0 Å². The number of anilines is 1. The van der Waals surface area contributed by atoms with Gasteiger partial charge in [-0.2, -0.15) is 0 Å². The molecule has 1 saturated heterocycles. The third-order valence-corrected chi connectivity index (χ3v) is 3.37. The van der Waals surface area contributed by atoms with Gasteiger partial charge in [0.2, 0.25) is 0 Å². The zero-order valence-corrected chi connectivity index (χ0v) is 10.0. The average Bonchev–Trinajstić information content (AvgIpc) is 2.47. The van der Waals surface area contributed by atoms with Crippen LogP contribution in [0.2, 0.25) is 0 Å². The van der Waals surface area contributed by atoms with Crippen molar-refractivity contribution in [1.29, 1.82) is 0 Å². The average molecular weight is 256 g/mol. The zero-order valence-electron chi connectivity index (χ0n) is 8.44. The van der Waals surface area contributed by atoms with Gasteiger partial charge in [0, 0.05) is 19.2 Å². The number of hydrogen-bond acceptors (Lipinski definition) is 3. The van der Waals surface area contributed by atoms with Crippen LogP contribution in [-0.2, 0) is 0 Å². The summed E-state index contributed by atoms with van der Waals surface area (Å²) < 4.78 is 0.856. The first-order valence-electron chi connectivity index (χ1n) is 4.89. The standard InChI is InChI=1S/C10H14BrN3/c1-7-4-14(5-8(7)2)10-3-9(11)12-6-13-10/h3,6-8H,4-5H2,1-2H3. The molecule has 1 fully saturated rings. The topological polar surface area (TPSA) is 29.0 Å². The molecule has 4 heteroatoms. The Morgan fingerprint density at radius 3 is 2.50 bits per heavy atom. The van der Waals surface area contributed by atoms with E-state index in [-0.39, 0.29) is 0 Å². The minimum absolute atomic E-state index is 0.753. The molecule has 0 saturated carbocycles. The van der Waals surface area contributed by atoms with Crippen LogP contribution in [0, 0.1) is 11.8 Å². The fraction of sp³-hybridized carbons (Fsp3) is 0.600. The van der Waals surface area contributed by atoms with E-state index in [1.165, 1.54) is 0 Å². The number of aromatic nitrogens is 2. The minimum atomic E-state index is 0.753. The first-order valence-corrected chi connectivity index (χ1v) is 5.68. The van der Waals surface area contributed by atoms with Gasteiger partial charge in [0.25, 0.3) is 0 Å². The molecule has 0 radical (unpaired) electrons. The smallest absolute Gasteiger partial charge is 0.133 e. The number of nitrogens with zero attached hydrogens (tertiary/aromatic N) is 3. The Labute approximate surface area is 92.7 Å². The summed E-state index contributed by atoms with van der Waals surface area (Å²) in [5.41, 5.74) is 0. The molecule has 0 amide bonds. The van der Waals surface area contributed by atoms with Gasteiger partial charge in [-0.1, -0.05) is 13.8 Å². The monoisotopic (exact) mass is 255 g/mol. The van der Waals surface area contributed by atoms with E-state index in [1.54, 1.807) is 6.33 Å². The van der Waals surface area contributed by atoms with Crippen molar-refractivity contribution in [2.24, 2.45) is 11.8 Å². The maximum atomic E-state index is 4.28. The van der Waals surface area contributed by atoms with E-state index in [2.05, 4.69) is 44.6 Å². The van der Waals surface area contributed by atoms with Crippen molar-refractivity contribution < 1.29 is 0 Å². The molecule has 1 aromatic rings. The van der Waals surface area contributed by atoms with Crippen LogP contribution in [0.5, 0.6) is 0 Å². The molecule has 1 aliphatic rings. The summed E-state index contributed by atoms with van der Waals surface area (Å²) in [7, 11) is 0. The van der Waals surface area contributed by atoms with E-state index in [0.717, 1.165) is 35.3 Å². The lowest BCUT2D eigenvalue weighted by molar-refractivity contribution is 0.494. The van der Waals surface area contributed by atoms with Crippen molar-refractivity contribution in [2.45, 2.75) is 13.8 Å². The SMILES string of the molecule is CC1CN(c2cc(Br)ncn2)CC1C. The Bertz CT molecular complexity index is 319. The van der Waals surface area contributed by atoms with Crippen LogP contribution >= 0.6 is 15.9 Å². The highest BCUT2D eigenvalue weighted by atomic mass is 79.9. The summed E-state index contributed by atoms with van der Waals surface area (Å²) in [6, 6.07) is 1.98. The summed E-state index contributed by atoms with van der Waals surface area (Å²) in [5, 5.41) is 0. The molecule has 0 bridgehead atoms. The van der Waals surface area contributed by atoms with Crippen molar-refractivity contribution in [3.63, 3.8) is 0 Å². The van der Waals surface area contributed by atoms with Gasteiger partial charge in [-0.05, 0) is 27.8 Å². The van der Waals surface area contributed by atoms with E-state index in [4.69, 9.17) is 0 Å². The third-order valence-electron chi connectivity index (χ3n) is 2.93. The van der Waals surface area contributed by atoms with Crippen molar-refractivity contribution in [3.8, 4) is 0 Å². The highest BCUT2D eigenvalue weighted by Gasteiger charge is 2.26. The predicted molar refractivity (Wildman–Crippen MR) is 60.3 cm³/mol. The fourth-order valence-corrected chi connectivity index (χ4v) is 2.11. The molecule has 2 heterocycles. The van der Waals surface area contributed by atoms with Crippen LogP contribution in [0.3, 0.4) is 0 Å². The molecule has 76 valence electrons. The van der Waals surface area contributed by atoms with E-state index in [9.17, 15) is 0 Å². The van der Waals surface area contributed by atoms with Gasteiger partial charge < -0.3 is 4.90 Å². The van der Waals surface area contributed by atoms with Gasteiger partial charge in [-0.25, -0.2) is 9.97 Å². The second kappa shape index (κ2) is 3.85. The zero-order chi connectivity index (χ0) is 10.1. The first-order chi connectivity index (χ1) is 6.66. The molecule has 2 unspecified atom stereocenters. The first kappa shape index (κ1) is 9.90. The Balaban J connectivity index is 2.17. The molecule has 2 rings (SSSR count). The van der Waals surface area contributed by atoms with Crippen molar-refractivity contribution in [2.75, 3.05) is 18.0 Å². The van der Waals surface area contributed by atoms with Crippen LogP contribution in [0.1, 0.15) is 13.8 Å². The van der Waals surface area contributed by atoms with E-state index < -0.39 is 0 Å². The molecule has 1 aromatic heterocycles. The molecular formula is C10H14BrN3. The van der Waals surface area contributed by atoms with Crippen molar-refractivity contribution in [1.82, 2.24) is 9.97 Å². The Morgan fingerprint density at radius 1 is 1.29 bits per heavy atom. The predicted octanol–water partition coefficient (Wildman–Crippen LogP) is 2.33. The second-order valence-electron chi connectivity index (χ2n) is 4.06. The maximum absolute atomic E-state index is 4.28. The second-order valence-corrected chi connectivity index (χ2v) is 4.87. The lowest BCUT2D eigenvalue weighted by atomic mass is 10.0. The van der Waals surface area contributed by atoms with E-state index in [0.29, 0.717) is 0 Å². The highest BCUT2D eigenvalue weighted by Crippen LogP contribution is 2.26. The number of rotatable bonds is 1. The third kappa shape index (κ3) is 1.90. The molecule has 2 atom stereocenters. The Morgan fingerprint density at radius 2 is 1.93 bits per heavy atom. The molecule has 3 nitrogen and oxygen atoms in total. The molecular weight excluding hydrogens is 242 g/mol. The molecule has 14 heavy (non-hydrogen) atoms. The van der Waals surface area contributed by atoms with Gasteiger partial charge in [-0.15, -0.1) is 0 Å². The lowest BCUT2D eigenvalue weighted by Gasteiger charge is -2.16. The largest absolute Gasteiger partial charge is 0.356 e. The normalized spacial score (nSPS) is 26.9. The molecule has 0 N–H and O–H groups in total. The fourth-order valence-electron chi connectivity index (χ4n) is 1.81.